The number of benzene rings is 1. The summed E-state index contributed by atoms with van der Waals surface area (Å²) in [5.74, 6) is 0.651. The van der Waals surface area contributed by atoms with Crippen LogP contribution in [0.15, 0.2) is 29.2 Å². The van der Waals surface area contributed by atoms with E-state index >= 15 is 0 Å². The van der Waals surface area contributed by atoms with Crippen LogP contribution < -0.4 is 5.32 Å². The number of anilines is 1. The van der Waals surface area contributed by atoms with Crippen molar-refractivity contribution in [2.24, 2.45) is 5.92 Å². The number of hydrogen-bond acceptors (Lipinski definition) is 3. The van der Waals surface area contributed by atoms with Crippen LogP contribution in [0.2, 0.25) is 0 Å². The monoisotopic (exact) mass is 405 g/mol. The number of nitrogens with zero attached hydrogens (tertiary/aromatic N) is 2. The van der Waals surface area contributed by atoms with Crippen molar-refractivity contribution in [3.8, 4) is 0 Å². The topological polar surface area (TPSA) is 69.7 Å². The molecule has 1 aromatic carbocycles. The second-order valence-corrected chi connectivity index (χ2v) is 10.6. The van der Waals surface area contributed by atoms with Crippen LogP contribution in [0.5, 0.6) is 0 Å². The minimum absolute atomic E-state index is 0.0514. The number of rotatable bonds is 7. The summed E-state index contributed by atoms with van der Waals surface area (Å²) >= 11 is 0. The highest BCUT2D eigenvalue weighted by molar-refractivity contribution is 7.89. The van der Waals surface area contributed by atoms with Crippen LogP contribution in [-0.2, 0) is 10.0 Å². The van der Waals surface area contributed by atoms with Crippen LogP contribution in [0.25, 0.3) is 0 Å². The first-order valence-electron chi connectivity index (χ1n) is 10.6. The van der Waals surface area contributed by atoms with Gasteiger partial charge in [0.15, 0.2) is 0 Å². The summed E-state index contributed by atoms with van der Waals surface area (Å²) in [6, 6.07) is 7.00. The lowest BCUT2D eigenvalue weighted by molar-refractivity contribution is 0.163. The highest BCUT2D eigenvalue weighted by Crippen LogP contribution is 2.33. The van der Waals surface area contributed by atoms with Gasteiger partial charge >= 0.3 is 6.03 Å². The summed E-state index contributed by atoms with van der Waals surface area (Å²) < 4.78 is 26.7. The highest BCUT2D eigenvalue weighted by Gasteiger charge is 2.35. The molecule has 1 N–H and O–H groups in total. The third-order valence-corrected chi connectivity index (χ3v) is 8.20. The van der Waals surface area contributed by atoms with Crippen molar-refractivity contribution < 1.29 is 13.2 Å². The zero-order valence-corrected chi connectivity index (χ0v) is 17.5. The zero-order chi connectivity index (χ0) is 19.7. The summed E-state index contributed by atoms with van der Waals surface area (Å²) in [6.45, 7) is 0.842. The van der Waals surface area contributed by atoms with Gasteiger partial charge in [0.25, 0.3) is 0 Å². The molecule has 3 aliphatic carbocycles. The number of carbonyl (C=O) groups excluding carboxylic acids is 1. The van der Waals surface area contributed by atoms with Crippen molar-refractivity contribution in [2.75, 3.05) is 18.9 Å². The third-order valence-electron chi connectivity index (χ3n) is 6.27. The lowest BCUT2D eigenvalue weighted by atomic mass is 9.94. The quantitative estimate of drug-likeness (QED) is 0.744. The summed E-state index contributed by atoms with van der Waals surface area (Å²) in [4.78, 5) is 15.3. The summed E-state index contributed by atoms with van der Waals surface area (Å²) in [5, 5.41) is 2.99. The average molecular weight is 406 g/mol. The largest absolute Gasteiger partial charge is 0.322 e. The minimum atomic E-state index is -3.45. The van der Waals surface area contributed by atoms with Crippen molar-refractivity contribution in [1.29, 1.82) is 0 Å². The smallest absolute Gasteiger partial charge is 0.321 e. The number of amides is 2. The molecule has 3 fully saturated rings. The van der Waals surface area contributed by atoms with Crippen molar-refractivity contribution in [3.05, 3.63) is 24.3 Å². The second-order valence-electron chi connectivity index (χ2n) is 8.59. The Morgan fingerprint density at radius 3 is 2.18 bits per heavy atom. The molecule has 7 heteroatoms. The van der Waals surface area contributed by atoms with Gasteiger partial charge in [-0.25, -0.2) is 13.2 Å². The van der Waals surface area contributed by atoms with E-state index in [9.17, 15) is 13.2 Å². The molecule has 0 unspecified atom stereocenters. The molecule has 0 atom stereocenters. The molecule has 0 bridgehead atoms. The van der Waals surface area contributed by atoms with Crippen molar-refractivity contribution in [1.82, 2.24) is 9.21 Å². The molecular weight excluding hydrogens is 374 g/mol. The number of carbonyl (C=O) groups is 1. The Morgan fingerprint density at radius 1 is 0.964 bits per heavy atom. The Morgan fingerprint density at radius 2 is 1.61 bits per heavy atom. The molecule has 2 amide bonds. The van der Waals surface area contributed by atoms with E-state index in [2.05, 4.69) is 5.32 Å². The van der Waals surface area contributed by atoms with Crippen LogP contribution in [0.1, 0.15) is 57.8 Å². The lowest BCUT2D eigenvalue weighted by Gasteiger charge is -2.34. The minimum Gasteiger partial charge on any atom is -0.321 e. The van der Waals surface area contributed by atoms with Crippen molar-refractivity contribution >= 4 is 21.7 Å². The Labute approximate surface area is 168 Å². The number of sulfonamides is 1. The summed E-state index contributed by atoms with van der Waals surface area (Å²) in [7, 11) is -1.81. The number of nitrogens with one attached hydrogen (secondary N) is 1. The fraction of sp³-hybridized carbons (Fsp3) is 0.667. The van der Waals surface area contributed by atoms with Gasteiger partial charge in [-0.2, -0.15) is 4.31 Å². The molecule has 0 radical (unpaired) electrons. The molecule has 1 aromatic rings. The molecule has 0 saturated heterocycles. The van der Waals surface area contributed by atoms with Gasteiger partial charge in [0, 0.05) is 31.4 Å². The Kier molecular flexibility index (Phi) is 5.65. The van der Waals surface area contributed by atoms with E-state index in [0.717, 1.165) is 32.2 Å². The van der Waals surface area contributed by atoms with E-state index in [4.69, 9.17) is 0 Å². The molecule has 6 nitrogen and oxygen atoms in total. The van der Waals surface area contributed by atoms with Crippen LogP contribution in [0, 0.1) is 5.92 Å². The van der Waals surface area contributed by atoms with Gasteiger partial charge in [0.05, 0.1) is 4.90 Å². The van der Waals surface area contributed by atoms with E-state index in [1.165, 1.54) is 36.4 Å². The van der Waals surface area contributed by atoms with Gasteiger partial charge < -0.3 is 10.2 Å². The molecular formula is C21H31N3O3S. The lowest BCUT2D eigenvalue weighted by Crippen LogP contribution is -2.45. The molecule has 4 rings (SSSR count). The number of urea groups is 1. The Balaban J connectivity index is 1.42. The van der Waals surface area contributed by atoms with E-state index < -0.39 is 10.0 Å². The molecule has 28 heavy (non-hydrogen) atoms. The van der Waals surface area contributed by atoms with E-state index in [1.807, 2.05) is 4.90 Å². The zero-order valence-electron chi connectivity index (χ0n) is 16.6. The van der Waals surface area contributed by atoms with Crippen LogP contribution in [0.4, 0.5) is 10.5 Å². The Bertz CT molecular complexity index is 795. The molecule has 0 spiro atoms. The van der Waals surface area contributed by atoms with Crippen LogP contribution in [0.3, 0.4) is 0 Å². The predicted octanol–water partition coefficient (Wildman–Crippen LogP) is 4.05. The van der Waals surface area contributed by atoms with Crippen molar-refractivity contribution in [3.63, 3.8) is 0 Å². The van der Waals surface area contributed by atoms with Gasteiger partial charge in [0.1, 0.15) is 0 Å². The predicted molar refractivity (Wildman–Crippen MR) is 110 cm³/mol. The second kappa shape index (κ2) is 8.03. The highest BCUT2D eigenvalue weighted by atomic mass is 32.2. The maximum Gasteiger partial charge on any atom is 0.322 e. The standard InChI is InChI=1S/C21H31N3O3S/c1-23(18-11-12-18)28(26,27)20-13-9-17(10-14-20)22-21(25)24(15-16-7-8-16)19-5-3-2-4-6-19/h9-10,13-14,16,18-19H,2-8,11-12,15H2,1H3,(H,22,25). The van der Waals surface area contributed by atoms with Gasteiger partial charge in [0.2, 0.25) is 10.0 Å². The first-order valence-corrected chi connectivity index (χ1v) is 12.0. The Hall–Kier alpha value is -1.60. The fourth-order valence-corrected chi connectivity index (χ4v) is 5.49. The normalized spacial score (nSPS) is 20.9. The van der Waals surface area contributed by atoms with E-state index in [-0.39, 0.29) is 17.0 Å². The van der Waals surface area contributed by atoms with Crippen LogP contribution >= 0.6 is 0 Å². The van der Waals surface area contributed by atoms with Gasteiger partial charge in [-0.1, -0.05) is 19.3 Å². The molecule has 154 valence electrons. The maximum atomic E-state index is 13.0. The first-order chi connectivity index (χ1) is 13.4. The number of hydrogen-bond donors (Lipinski definition) is 1. The first kappa shape index (κ1) is 19.7. The van der Waals surface area contributed by atoms with Gasteiger partial charge in [-0.15, -0.1) is 0 Å². The SMILES string of the molecule is CN(C1CC1)S(=O)(=O)c1ccc(NC(=O)N(CC2CC2)C2CCCCC2)cc1. The molecule has 0 aliphatic heterocycles. The molecule has 3 aliphatic rings. The maximum absolute atomic E-state index is 13.0. The van der Waals surface area contributed by atoms with Crippen molar-refractivity contribution in [2.45, 2.75) is 74.8 Å². The average Bonchev–Trinajstić information content (AvgIpc) is 3.61. The third kappa shape index (κ3) is 4.51. The molecule has 0 heterocycles. The van der Waals surface area contributed by atoms with E-state index in [1.54, 1.807) is 31.3 Å². The fourth-order valence-electron chi connectivity index (χ4n) is 4.08. The summed E-state index contributed by atoms with van der Waals surface area (Å²) in [5.41, 5.74) is 0.648. The molecule has 3 saturated carbocycles. The van der Waals surface area contributed by atoms with E-state index in [0.29, 0.717) is 17.6 Å². The molecule has 0 aromatic heterocycles. The van der Waals surface area contributed by atoms with Gasteiger partial charge in [-0.05, 0) is 68.7 Å². The van der Waals surface area contributed by atoms with Gasteiger partial charge in [-0.3, -0.25) is 0 Å². The summed E-state index contributed by atoms with van der Waals surface area (Å²) in [6.07, 6.45) is 10.1. The van der Waals surface area contributed by atoms with Crippen LogP contribution in [-0.4, -0.2) is 49.3 Å².